The van der Waals surface area contributed by atoms with Crippen LogP contribution in [0.25, 0.3) is 0 Å². The molecule has 2 rings (SSSR count). The quantitative estimate of drug-likeness (QED) is 0.829. The van der Waals surface area contributed by atoms with Gasteiger partial charge in [-0.15, -0.1) is 0 Å². The SMILES string of the molecule is CCC(C)c1ccc(N2CC(CSC(C)=O)CC2=O)cc1. The number of hydrogen-bond acceptors (Lipinski definition) is 3. The minimum absolute atomic E-state index is 0.124. The van der Waals surface area contributed by atoms with Gasteiger partial charge in [0.15, 0.2) is 5.12 Å². The van der Waals surface area contributed by atoms with Gasteiger partial charge in [-0.05, 0) is 36.0 Å². The molecule has 1 aliphatic rings. The van der Waals surface area contributed by atoms with Crippen LogP contribution >= 0.6 is 11.8 Å². The van der Waals surface area contributed by atoms with Crippen LogP contribution < -0.4 is 4.90 Å². The Balaban J connectivity index is 2.01. The maximum atomic E-state index is 12.1. The third-order valence-corrected chi connectivity index (χ3v) is 5.16. The predicted octanol–water partition coefficient (Wildman–Crippen LogP) is 3.83. The average molecular weight is 305 g/mol. The summed E-state index contributed by atoms with van der Waals surface area (Å²) in [4.78, 5) is 25.0. The molecule has 1 aromatic rings. The second-order valence-corrected chi connectivity index (χ2v) is 6.97. The fourth-order valence-corrected chi connectivity index (χ4v) is 3.29. The summed E-state index contributed by atoms with van der Waals surface area (Å²) in [5.74, 6) is 1.73. The fourth-order valence-electron chi connectivity index (χ4n) is 2.60. The molecule has 0 radical (unpaired) electrons. The molecule has 2 atom stereocenters. The number of carbonyl (C=O) groups is 2. The van der Waals surface area contributed by atoms with Crippen molar-refractivity contribution in [3.05, 3.63) is 29.8 Å². The largest absolute Gasteiger partial charge is 0.312 e. The van der Waals surface area contributed by atoms with Gasteiger partial charge in [-0.3, -0.25) is 9.59 Å². The zero-order valence-electron chi connectivity index (χ0n) is 13.0. The molecule has 1 amide bonds. The molecule has 0 aliphatic carbocycles. The van der Waals surface area contributed by atoms with Crippen LogP contribution in [0.15, 0.2) is 24.3 Å². The van der Waals surface area contributed by atoms with Gasteiger partial charge in [-0.1, -0.05) is 37.7 Å². The Morgan fingerprint density at radius 1 is 1.38 bits per heavy atom. The van der Waals surface area contributed by atoms with E-state index in [4.69, 9.17) is 0 Å². The van der Waals surface area contributed by atoms with Crippen molar-refractivity contribution in [1.29, 1.82) is 0 Å². The van der Waals surface area contributed by atoms with Crippen LogP contribution in [0, 0.1) is 5.92 Å². The van der Waals surface area contributed by atoms with Gasteiger partial charge in [-0.2, -0.15) is 0 Å². The summed E-state index contributed by atoms with van der Waals surface area (Å²) in [6, 6.07) is 8.32. The van der Waals surface area contributed by atoms with Gasteiger partial charge in [0.05, 0.1) is 0 Å². The van der Waals surface area contributed by atoms with E-state index in [0.29, 0.717) is 12.3 Å². The smallest absolute Gasteiger partial charge is 0.227 e. The Bertz CT molecular complexity index is 512. The number of rotatable bonds is 5. The third kappa shape index (κ3) is 4.10. The van der Waals surface area contributed by atoms with Crippen molar-refractivity contribution in [2.45, 2.75) is 39.5 Å². The van der Waals surface area contributed by atoms with Crippen molar-refractivity contribution in [3.63, 3.8) is 0 Å². The Morgan fingerprint density at radius 2 is 2.05 bits per heavy atom. The molecule has 4 heteroatoms. The number of hydrogen-bond donors (Lipinski definition) is 0. The fraction of sp³-hybridized carbons (Fsp3) is 0.529. The first-order chi connectivity index (χ1) is 10.0. The molecule has 0 N–H and O–H groups in total. The number of thioether (sulfide) groups is 1. The van der Waals surface area contributed by atoms with E-state index in [-0.39, 0.29) is 16.9 Å². The highest BCUT2D eigenvalue weighted by Gasteiger charge is 2.30. The maximum absolute atomic E-state index is 12.1. The van der Waals surface area contributed by atoms with Crippen LogP contribution in [-0.2, 0) is 9.59 Å². The Labute approximate surface area is 131 Å². The van der Waals surface area contributed by atoms with Crippen LogP contribution in [0.5, 0.6) is 0 Å². The number of anilines is 1. The first-order valence-electron chi connectivity index (χ1n) is 7.55. The monoisotopic (exact) mass is 305 g/mol. The van der Waals surface area contributed by atoms with Crippen molar-refractivity contribution in [1.82, 2.24) is 0 Å². The van der Waals surface area contributed by atoms with E-state index < -0.39 is 0 Å². The molecule has 1 saturated heterocycles. The maximum Gasteiger partial charge on any atom is 0.227 e. The van der Waals surface area contributed by atoms with Gasteiger partial charge in [-0.25, -0.2) is 0 Å². The Kier molecular flexibility index (Phi) is 5.45. The standard InChI is InChI=1S/C17H23NO2S/c1-4-12(2)15-5-7-16(8-6-15)18-10-14(9-17(18)20)11-21-13(3)19/h5-8,12,14H,4,9-11H2,1-3H3. The Morgan fingerprint density at radius 3 is 2.62 bits per heavy atom. The van der Waals surface area contributed by atoms with Crippen LogP contribution in [0.1, 0.15) is 45.1 Å². The Hall–Kier alpha value is -1.29. The molecule has 0 saturated carbocycles. The number of carbonyl (C=O) groups excluding carboxylic acids is 2. The van der Waals surface area contributed by atoms with E-state index in [1.54, 1.807) is 6.92 Å². The molecular formula is C17H23NO2S. The first kappa shape index (κ1) is 16.1. The van der Waals surface area contributed by atoms with Crippen LogP contribution in [-0.4, -0.2) is 23.3 Å². The van der Waals surface area contributed by atoms with E-state index >= 15 is 0 Å². The first-order valence-corrected chi connectivity index (χ1v) is 8.53. The van der Waals surface area contributed by atoms with Gasteiger partial charge in [0.25, 0.3) is 0 Å². The molecule has 3 nitrogen and oxygen atoms in total. The molecule has 0 spiro atoms. The zero-order valence-corrected chi connectivity index (χ0v) is 13.8. The lowest BCUT2D eigenvalue weighted by Gasteiger charge is -2.18. The van der Waals surface area contributed by atoms with Gasteiger partial charge in [0.2, 0.25) is 5.91 Å². The third-order valence-electron chi connectivity index (χ3n) is 4.11. The molecule has 21 heavy (non-hydrogen) atoms. The van der Waals surface area contributed by atoms with Gasteiger partial charge >= 0.3 is 0 Å². The lowest BCUT2D eigenvalue weighted by molar-refractivity contribution is -0.117. The molecule has 1 aliphatic heterocycles. The summed E-state index contributed by atoms with van der Waals surface area (Å²) in [7, 11) is 0. The summed E-state index contributed by atoms with van der Waals surface area (Å²) in [6.45, 7) is 6.69. The molecule has 0 aromatic heterocycles. The highest BCUT2D eigenvalue weighted by atomic mass is 32.2. The molecule has 114 valence electrons. The second-order valence-electron chi connectivity index (χ2n) is 5.78. The van der Waals surface area contributed by atoms with Gasteiger partial charge < -0.3 is 4.90 Å². The highest BCUT2D eigenvalue weighted by Crippen LogP contribution is 2.29. The van der Waals surface area contributed by atoms with E-state index in [9.17, 15) is 9.59 Å². The molecular weight excluding hydrogens is 282 g/mol. The predicted molar refractivity (Wildman–Crippen MR) is 88.7 cm³/mol. The second kappa shape index (κ2) is 7.12. The lowest BCUT2D eigenvalue weighted by Crippen LogP contribution is -2.24. The van der Waals surface area contributed by atoms with E-state index in [1.165, 1.54) is 17.3 Å². The lowest BCUT2D eigenvalue weighted by atomic mass is 9.98. The molecule has 1 heterocycles. The zero-order chi connectivity index (χ0) is 15.4. The average Bonchev–Trinajstić information content (AvgIpc) is 2.85. The molecule has 2 unspecified atom stereocenters. The van der Waals surface area contributed by atoms with Crippen molar-refractivity contribution < 1.29 is 9.59 Å². The van der Waals surface area contributed by atoms with E-state index in [1.807, 2.05) is 17.0 Å². The van der Waals surface area contributed by atoms with E-state index in [0.717, 1.165) is 24.4 Å². The van der Waals surface area contributed by atoms with Crippen LogP contribution in [0.2, 0.25) is 0 Å². The summed E-state index contributed by atoms with van der Waals surface area (Å²) in [5.41, 5.74) is 2.29. The number of nitrogens with zero attached hydrogens (tertiary/aromatic N) is 1. The minimum atomic E-state index is 0.124. The van der Waals surface area contributed by atoms with Crippen LogP contribution in [0.3, 0.4) is 0 Å². The van der Waals surface area contributed by atoms with E-state index in [2.05, 4.69) is 26.0 Å². The normalized spacial score (nSPS) is 19.9. The molecule has 0 bridgehead atoms. The topological polar surface area (TPSA) is 37.4 Å². The number of amides is 1. The van der Waals surface area contributed by atoms with Crippen LogP contribution in [0.4, 0.5) is 5.69 Å². The summed E-state index contributed by atoms with van der Waals surface area (Å²) < 4.78 is 0. The summed E-state index contributed by atoms with van der Waals surface area (Å²) >= 11 is 1.32. The molecule has 1 aromatic carbocycles. The summed E-state index contributed by atoms with van der Waals surface area (Å²) in [6.07, 6.45) is 1.67. The van der Waals surface area contributed by atoms with Gasteiger partial charge in [0, 0.05) is 31.3 Å². The van der Waals surface area contributed by atoms with Crippen molar-refractivity contribution in [3.8, 4) is 0 Å². The van der Waals surface area contributed by atoms with Crippen molar-refractivity contribution >= 4 is 28.5 Å². The molecule has 1 fully saturated rings. The summed E-state index contributed by atoms with van der Waals surface area (Å²) in [5, 5.41) is 0.124. The van der Waals surface area contributed by atoms with Crippen molar-refractivity contribution in [2.75, 3.05) is 17.2 Å². The van der Waals surface area contributed by atoms with Gasteiger partial charge in [0.1, 0.15) is 0 Å². The minimum Gasteiger partial charge on any atom is -0.312 e. The number of benzene rings is 1. The van der Waals surface area contributed by atoms with Crippen molar-refractivity contribution in [2.24, 2.45) is 5.92 Å². The highest BCUT2D eigenvalue weighted by molar-refractivity contribution is 8.13.